The molecular weight excluding hydrogens is 424 g/mol. The number of pyridine rings is 1. The molecule has 32 heavy (non-hydrogen) atoms. The molecule has 0 aliphatic carbocycles. The third-order valence-electron chi connectivity index (χ3n) is 5.82. The van der Waals surface area contributed by atoms with Crippen LogP contribution in [0.3, 0.4) is 0 Å². The normalized spacial score (nSPS) is 14.2. The average molecular weight is 449 g/mol. The molecule has 0 amide bonds. The molecule has 0 bridgehead atoms. The van der Waals surface area contributed by atoms with E-state index in [0.717, 1.165) is 50.3 Å². The van der Waals surface area contributed by atoms with E-state index in [9.17, 15) is 4.79 Å². The van der Waals surface area contributed by atoms with Crippen LogP contribution >= 0.6 is 11.6 Å². The molecule has 2 aromatic heterocycles. The fourth-order valence-corrected chi connectivity index (χ4v) is 4.41. The first kappa shape index (κ1) is 20.8. The van der Waals surface area contributed by atoms with Crippen LogP contribution in [0.25, 0.3) is 33.2 Å². The SMILES string of the molecule is CCCNc1cc(-c2ccc(N3CCNCC3)cc2)c2oc3cccc(Cl)c3c(=O)c2n1. The highest BCUT2D eigenvalue weighted by Gasteiger charge is 2.18. The third kappa shape index (κ3) is 3.80. The molecule has 0 radical (unpaired) electrons. The van der Waals surface area contributed by atoms with Gasteiger partial charge in [-0.25, -0.2) is 4.98 Å². The minimum Gasteiger partial charge on any atom is -0.453 e. The van der Waals surface area contributed by atoms with Gasteiger partial charge in [0.25, 0.3) is 0 Å². The second kappa shape index (κ2) is 8.81. The quantitative estimate of drug-likeness (QED) is 0.423. The zero-order valence-corrected chi connectivity index (χ0v) is 18.7. The molecule has 164 valence electrons. The van der Waals surface area contributed by atoms with Crippen molar-refractivity contribution in [2.45, 2.75) is 13.3 Å². The van der Waals surface area contributed by atoms with Crippen molar-refractivity contribution in [3.8, 4) is 11.1 Å². The largest absolute Gasteiger partial charge is 0.453 e. The van der Waals surface area contributed by atoms with Gasteiger partial charge >= 0.3 is 0 Å². The predicted octanol–water partition coefficient (Wildman–Crippen LogP) is 4.89. The number of fused-ring (bicyclic) bond motifs is 2. The Bertz CT molecular complexity index is 1330. The molecule has 1 aliphatic rings. The summed E-state index contributed by atoms with van der Waals surface area (Å²) >= 11 is 6.32. The van der Waals surface area contributed by atoms with Crippen LogP contribution < -0.4 is 21.0 Å². The zero-order chi connectivity index (χ0) is 22.1. The van der Waals surface area contributed by atoms with E-state index >= 15 is 0 Å². The summed E-state index contributed by atoms with van der Waals surface area (Å²) in [6, 6.07) is 15.6. The van der Waals surface area contributed by atoms with Gasteiger partial charge in [0.15, 0.2) is 11.1 Å². The molecule has 0 atom stereocenters. The average Bonchev–Trinajstić information content (AvgIpc) is 2.83. The highest BCUT2D eigenvalue weighted by molar-refractivity contribution is 6.35. The minimum absolute atomic E-state index is 0.217. The van der Waals surface area contributed by atoms with Gasteiger partial charge in [0, 0.05) is 44.0 Å². The topological polar surface area (TPSA) is 70.4 Å². The van der Waals surface area contributed by atoms with E-state index in [1.807, 2.05) is 6.07 Å². The fraction of sp³-hybridized carbons (Fsp3) is 0.280. The van der Waals surface area contributed by atoms with E-state index in [1.165, 1.54) is 5.69 Å². The Morgan fingerprint density at radius 1 is 1.16 bits per heavy atom. The Morgan fingerprint density at radius 2 is 1.94 bits per heavy atom. The number of hydrogen-bond acceptors (Lipinski definition) is 6. The predicted molar refractivity (Wildman–Crippen MR) is 132 cm³/mol. The standard InChI is InChI=1S/C25H25ClN4O2/c1-2-10-28-21-15-18(16-6-8-17(9-7-16)30-13-11-27-12-14-30)25-23(29-21)24(31)22-19(26)4-3-5-20(22)32-25/h3-9,15,27H,2,10-14H2,1H3,(H,28,29). The van der Waals surface area contributed by atoms with Crippen molar-refractivity contribution in [3.05, 3.63) is 63.8 Å². The number of anilines is 2. The van der Waals surface area contributed by atoms with Crippen LogP contribution in [0, 0.1) is 0 Å². The second-order valence-corrected chi connectivity index (χ2v) is 8.39. The van der Waals surface area contributed by atoms with Crippen LogP contribution in [0.4, 0.5) is 11.5 Å². The van der Waals surface area contributed by atoms with Crippen LogP contribution in [0.15, 0.2) is 57.7 Å². The maximum Gasteiger partial charge on any atom is 0.220 e. The first-order chi connectivity index (χ1) is 15.7. The Balaban J connectivity index is 1.68. The number of rotatable bonds is 5. The maximum absolute atomic E-state index is 13.3. The van der Waals surface area contributed by atoms with E-state index in [1.54, 1.807) is 18.2 Å². The smallest absolute Gasteiger partial charge is 0.220 e. The molecule has 6 nitrogen and oxygen atoms in total. The van der Waals surface area contributed by atoms with Crippen LogP contribution in [-0.2, 0) is 0 Å². The Morgan fingerprint density at radius 3 is 2.69 bits per heavy atom. The van der Waals surface area contributed by atoms with Crippen molar-refractivity contribution in [3.63, 3.8) is 0 Å². The second-order valence-electron chi connectivity index (χ2n) is 7.99. The number of nitrogens with zero attached hydrogens (tertiary/aromatic N) is 2. The van der Waals surface area contributed by atoms with E-state index in [-0.39, 0.29) is 10.9 Å². The van der Waals surface area contributed by atoms with Crippen LogP contribution in [0.2, 0.25) is 5.02 Å². The number of piperazine rings is 1. The van der Waals surface area contributed by atoms with Gasteiger partial charge < -0.3 is 20.0 Å². The first-order valence-corrected chi connectivity index (χ1v) is 11.4. The van der Waals surface area contributed by atoms with Gasteiger partial charge in [-0.1, -0.05) is 36.7 Å². The van der Waals surface area contributed by atoms with Crippen molar-refractivity contribution >= 4 is 45.2 Å². The van der Waals surface area contributed by atoms with Crippen molar-refractivity contribution in [1.82, 2.24) is 10.3 Å². The maximum atomic E-state index is 13.3. The molecule has 5 rings (SSSR count). The molecule has 2 aromatic carbocycles. The lowest BCUT2D eigenvalue weighted by atomic mass is 10.0. The van der Waals surface area contributed by atoms with Gasteiger partial charge in [-0.2, -0.15) is 0 Å². The summed E-state index contributed by atoms with van der Waals surface area (Å²) in [5.41, 5.74) is 4.00. The highest BCUT2D eigenvalue weighted by atomic mass is 35.5. The third-order valence-corrected chi connectivity index (χ3v) is 6.13. The number of halogens is 1. The molecular formula is C25H25ClN4O2. The summed E-state index contributed by atoms with van der Waals surface area (Å²) in [5.74, 6) is 0.652. The van der Waals surface area contributed by atoms with Gasteiger partial charge in [-0.3, -0.25) is 4.79 Å². The fourth-order valence-electron chi connectivity index (χ4n) is 4.16. The zero-order valence-electron chi connectivity index (χ0n) is 18.0. The molecule has 2 N–H and O–H groups in total. The first-order valence-electron chi connectivity index (χ1n) is 11.0. The molecule has 1 saturated heterocycles. The summed E-state index contributed by atoms with van der Waals surface area (Å²) in [5, 5.41) is 7.42. The van der Waals surface area contributed by atoms with Gasteiger partial charge in [0.2, 0.25) is 5.43 Å². The number of aromatic nitrogens is 1. The lowest BCUT2D eigenvalue weighted by Gasteiger charge is -2.29. The lowest BCUT2D eigenvalue weighted by Crippen LogP contribution is -2.43. The van der Waals surface area contributed by atoms with Gasteiger partial charge in [0.05, 0.1) is 10.4 Å². The Labute approximate surface area is 191 Å². The number of benzene rings is 2. The van der Waals surface area contributed by atoms with Crippen molar-refractivity contribution in [2.24, 2.45) is 0 Å². The molecule has 7 heteroatoms. The van der Waals surface area contributed by atoms with Gasteiger partial charge in [0.1, 0.15) is 11.4 Å². The molecule has 0 spiro atoms. The molecule has 1 fully saturated rings. The monoisotopic (exact) mass is 448 g/mol. The Hall–Kier alpha value is -3.09. The van der Waals surface area contributed by atoms with E-state index in [0.29, 0.717) is 27.4 Å². The Kier molecular flexibility index (Phi) is 5.72. The van der Waals surface area contributed by atoms with E-state index in [2.05, 4.69) is 51.7 Å². The van der Waals surface area contributed by atoms with Crippen molar-refractivity contribution in [2.75, 3.05) is 42.9 Å². The summed E-state index contributed by atoms with van der Waals surface area (Å²) < 4.78 is 6.21. The lowest BCUT2D eigenvalue weighted by molar-refractivity contribution is 0.589. The summed E-state index contributed by atoms with van der Waals surface area (Å²) in [6.45, 7) is 6.81. The molecule has 0 unspecified atom stereocenters. The molecule has 0 saturated carbocycles. The van der Waals surface area contributed by atoms with Crippen molar-refractivity contribution in [1.29, 1.82) is 0 Å². The summed E-state index contributed by atoms with van der Waals surface area (Å²) in [7, 11) is 0. The molecule has 1 aliphatic heterocycles. The van der Waals surface area contributed by atoms with E-state index < -0.39 is 0 Å². The van der Waals surface area contributed by atoms with Gasteiger partial charge in [-0.15, -0.1) is 0 Å². The van der Waals surface area contributed by atoms with Crippen LogP contribution in [0.5, 0.6) is 0 Å². The number of nitrogens with one attached hydrogen (secondary N) is 2. The summed E-state index contributed by atoms with van der Waals surface area (Å²) in [6.07, 6.45) is 0.951. The van der Waals surface area contributed by atoms with Crippen LogP contribution in [-0.4, -0.2) is 37.7 Å². The van der Waals surface area contributed by atoms with E-state index in [4.69, 9.17) is 16.0 Å². The minimum atomic E-state index is -0.217. The molecule has 4 aromatic rings. The van der Waals surface area contributed by atoms with Crippen molar-refractivity contribution < 1.29 is 4.42 Å². The molecule has 3 heterocycles. The number of hydrogen-bond donors (Lipinski definition) is 2. The highest BCUT2D eigenvalue weighted by Crippen LogP contribution is 2.33. The van der Waals surface area contributed by atoms with Gasteiger partial charge in [-0.05, 0) is 42.3 Å². The summed E-state index contributed by atoms with van der Waals surface area (Å²) in [4.78, 5) is 20.3. The van der Waals surface area contributed by atoms with Crippen LogP contribution in [0.1, 0.15) is 13.3 Å².